The average Bonchev–Trinajstić information content (AvgIpc) is 2.59. The second-order valence-corrected chi connectivity index (χ2v) is 12.0. The van der Waals surface area contributed by atoms with Gasteiger partial charge in [-0.05, 0) is 31.2 Å². The monoisotopic (exact) mass is 583 g/mol. The summed E-state index contributed by atoms with van der Waals surface area (Å²) in [6.45, 7) is 1.34. The van der Waals surface area contributed by atoms with E-state index >= 15 is 0 Å². The molecule has 8 heteroatoms. The maximum absolute atomic E-state index is 13.0. The normalized spacial score (nSPS) is 11.4. The molecule has 5 nitrogen and oxygen atoms in total. The van der Waals surface area contributed by atoms with Crippen molar-refractivity contribution in [3.05, 3.63) is 65.7 Å². The molecule has 2 aromatic carbocycles. The second-order valence-electron chi connectivity index (χ2n) is 5.26. The molecule has 0 aliphatic rings. The highest BCUT2D eigenvalue weighted by molar-refractivity contribution is 14.2. The molecule has 0 heterocycles. The van der Waals surface area contributed by atoms with Gasteiger partial charge >= 0.3 is 0 Å². The first-order valence-electron chi connectivity index (χ1n) is 7.23. The molecule has 25 heavy (non-hydrogen) atoms. The molecule has 0 radical (unpaired) electrons. The van der Waals surface area contributed by atoms with Gasteiger partial charge in [0.15, 0.2) is 5.78 Å². The van der Waals surface area contributed by atoms with Crippen LogP contribution in [-0.2, 0) is 14.8 Å². The zero-order valence-electron chi connectivity index (χ0n) is 13.2. The van der Waals surface area contributed by atoms with Crippen molar-refractivity contribution in [3.8, 4) is 0 Å². The molecular weight excluding hydrogens is 568 g/mol. The number of carbonyl (C=O) groups is 2. The summed E-state index contributed by atoms with van der Waals surface area (Å²) in [5, 5.41) is 0. The maximum atomic E-state index is 13.0. The topological polar surface area (TPSA) is 71.5 Å². The van der Waals surface area contributed by atoms with Gasteiger partial charge in [0.2, 0.25) is 0 Å². The summed E-state index contributed by atoms with van der Waals surface area (Å²) in [7, 11) is -4.14. The van der Waals surface area contributed by atoms with Gasteiger partial charge in [0.1, 0.15) is 1.93 Å². The van der Waals surface area contributed by atoms with Crippen LogP contribution in [-0.4, -0.2) is 32.9 Å². The molecule has 0 saturated heterocycles. The molecular formula is C17H15I2NO4S. The second kappa shape index (κ2) is 8.58. The van der Waals surface area contributed by atoms with Crippen LogP contribution in [0.4, 0.5) is 0 Å². The van der Waals surface area contributed by atoms with Gasteiger partial charge in [0.25, 0.3) is 15.9 Å². The van der Waals surface area contributed by atoms with E-state index in [-0.39, 0.29) is 16.2 Å². The molecule has 0 atom stereocenters. The molecule has 0 aliphatic carbocycles. The van der Waals surface area contributed by atoms with Crippen LogP contribution in [0, 0.1) is 6.92 Å². The molecule has 2 rings (SSSR count). The minimum absolute atomic E-state index is 0.0198. The fourth-order valence-corrected chi connectivity index (χ4v) is 3.79. The Morgan fingerprint density at radius 2 is 1.56 bits per heavy atom. The summed E-state index contributed by atoms with van der Waals surface area (Å²) >= 11 is 3.78. The highest BCUT2D eigenvalue weighted by Crippen LogP contribution is 2.21. The number of ketones is 1. The van der Waals surface area contributed by atoms with E-state index in [1.165, 1.54) is 24.3 Å². The van der Waals surface area contributed by atoms with Crippen molar-refractivity contribution >= 4 is 66.9 Å². The van der Waals surface area contributed by atoms with Crippen molar-refractivity contribution in [2.24, 2.45) is 0 Å². The molecule has 0 N–H and O–H groups in total. The minimum Gasteiger partial charge on any atom is -0.296 e. The Hall–Kier alpha value is -1.01. The zero-order chi connectivity index (χ0) is 18.6. The van der Waals surface area contributed by atoms with E-state index in [4.69, 9.17) is 0 Å². The third-order valence-electron chi connectivity index (χ3n) is 3.40. The minimum atomic E-state index is -4.14. The summed E-state index contributed by atoms with van der Waals surface area (Å²) in [5.41, 5.74) is 1.11. The first-order valence-corrected chi connectivity index (χ1v) is 11.2. The molecule has 0 spiro atoms. The van der Waals surface area contributed by atoms with Gasteiger partial charge in [0.05, 0.1) is 11.4 Å². The molecule has 0 unspecified atom stereocenters. The number of hydrogen-bond acceptors (Lipinski definition) is 4. The quantitative estimate of drug-likeness (QED) is 0.386. The van der Waals surface area contributed by atoms with Crippen LogP contribution in [0.5, 0.6) is 0 Å². The third kappa shape index (κ3) is 5.00. The highest BCUT2D eigenvalue weighted by Gasteiger charge is 2.32. The maximum Gasteiger partial charge on any atom is 0.268 e. The number of amides is 1. The largest absolute Gasteiger partial charge is 0.296 e. The van der Waals surface area contributed by atoms with Gasteiger partial charge in [-0.15, -0.1) is 0 Å². The van der Waals surface area contributed by atoms with Gasteiger partial charge < -0.3 is 0 Å². The Kier molecular flexibility index (Phi) is 6.97. The lowest BCUT2D eigenvalue weighted by Crippen LogP contribution is -2.41. The number of benzene rings is 2. The number of sulfonamides is 1. The van der Waals surface area contributed by atoms with Gasteiger partial charge in [-0.1, -0.05) is 81.1 Å². The van der Waals surface area contributed by atoms with E-state index in [0.717, 1.165) is 5.56 Å². The van der Waals surface area contributed by atoms with Crippen molar-refractivity contribution in [3.63, 3.8) is 0 Å². The van der Waals surface area contributed by atoms with Crippen LogP contribution in [0.25, 0.3) is 0 Å². The third-order valence-corrected chi connectivity index (χ3v) is 6.53. The van der Waals surface area contributed by atoms with Gasteiger partial charge in [-0.25, -0.2) is 12.7 Å². The number of nitrogens with zero attached hydrogens (tertiary/aromatic N) is 1. The Bertz CT molecular complexity index is 865. The molecule has 0 aliphatic heterocycles. The number of rotatable bonds is 6. The number of carbonyl (C=O) groups excluding carboxylic acids is 2. The van der Waals surface area contributed by atoms with Crippen LogP contribution in [0.3, 0.4) is 0 Å². The molecule has 0 saturated carbocycles. The van der Waals surface area contributed by atoms with Crippen LogP contribution in [0.1, 0.15) is 15.9 Å². The van der Waals surface area contributed by atoms with Crippen molar-refractivity contribution in [1.82, 2.24) is 4.31 Å². The first-order chi connectivity index (χ1) is 11.7. The van der Waals surface area contributed by atoms with E-state index in [1.807, 2.05) is 52.1 Å². The molecule has 1 amide bonds. The van der Waals surface area contributed by atoms with Crippen LogP contribution in [0.2, 0.25) is 0 Å². The Morgan fingerprint density at radius 1 is 1.00 bits per heavy atom. The standard InChI is InChI=1S/C17H15I2NO4S/c1-12-7-9-14(10-8-12)25(23,24)20(11-15(21)16(18)19)17(22)13-5-3-2-4-6-13/h2-10,16H,11H2,1H3. The Balaban J connectivity index is 2.48. The number of Topliss-reactive ketones (excluding diaryl/α,β-unsaturated/α-hetero) is 1. The van der Waals surface area contributed by atoms with E-state index in [2.05, 4.69) is 0 Å². The predicted octanol–water partition coefficient (Wildman–Crippen LogP) is 3.59. The average molecular weight is 583 g/mol. The number of aryl methyl sites for hydroxylation is 1. The highest BCUT2D eigenvalue weighted by atomic mass is 127. The summed E-state index contributed by atoms with van der Waals surface area (Å²) < 4.78 is 26.1. The Morgan fingerprint density at radius 3 is 2.08 bits per heavy atom. The van der Waals surface area contributed by atoms with Gasteiger partial charge in [-0.2, -0.15) is 0 Å². The SMILES string of the molecule is Cc1ccc(S(=O)(=O)N(CC(=O)C(I)I)C(=O)c2ccccc2)cc1. The van der Waals surface area contributed by atoms with Crippen LogP contribution in [0.15, 0.2) is 59.5 Å². The molecule has 0 aromatic heterocycles. The molecule has 2 aromatic rings. The fourth-order valence-electron chi connectivity index (χ4n) is 2.04. The van der Waals surface area contributed by atoms with Gasteiger partial charge in [-0.3, -0.25) is 9.59 Å². The number of halogens is 2. The molecule has 0 bridgehead atoms. The smallest absolute Gasteiger partial charge is 0.268 e. The van der Waals surface area contributed by atoms with Gasteiger partial charge in [0, 0.05) is 5.56 Å². The van der Waals surface area contributed by atoms with Crippen molar-refractivity contribution in [2.75, 3.05) is 6.54 Å². The van der Waals surface area contributed by atoms with Crippen LogP contribution < -0.4 is 0 Å². The first kappa shape index (κ1) is 20.3. The lowest BCUT2D eigenvalue weighted by molar-refractivity contribution is -0.116. The fraction of sp³-hybridized carbons (Fsp3) is 0.176. The number of alkyl halides is 2. The summed E-state index contributed by atoms with van der Waals surface area (Å²) in [5.74, 6) is -1.07. The Labute approximate surface area is 174 Å². The van der Waals surface area contributed by atoms with E-state index in [9.17, 15) is 18.0 Å². The summed E-state index contributed by atoms with van der Waals surface area (Å²) in [6, 6.07) is 14.2. The van der Waals surface area contributed by atoms with E-state index in [0.29, 0.717) is 4.31 Å². The van der Waals surface area contributed by atoms with E-state index < -0.39 is 24.4 Å². The summed E-state index contributed by atoms with van der Waals surface area (Å²) in [6.07, 6.45) is 0. The van der Waals surface area contributed by atoms with E-state index in [1.54, 1.807) is 30.3 Å². The van der Waals surface area contributed by atoms with Crippen LogP contribution >= 0.6 is 45.2 Å². The molecule has 0 fully saturated rings. The number of hydrogen-bond donors (Lipinski definition) is 0. The zero-order valence-corrected chi connectivity index (χ0v) is 18.4. The van der Waals surface area contributed by atoms with Crippen molar-refractivity contribution in [1.29, 1.82) is 0 Å². The molecule has 132 valence electrons. The lowest BCUT2D eigenvalue weighted by Gasteiger charge is -2.22. The lowest BCUT2D eigenvalue weighted by atomic mass is 10.2. The summed E-state index contributed by atoms with van der Waals surface area (Å²) in [4.78, 5) is 24.9. The van der Waals surface area contributed by atoms with Crippen molar-refractivity contribution in [2.45, 2.75) is 13.8 Å². The predicted molar refractivity (Wildman–Crippen MR) is 113 cm³/mol. The van der Waals surface area contributed by atoms with Crippen molar-refractivity contribution < 1.29 is 18.0 Å².